The van der Waals surface area contributed by atoms with Crippen LogP contribution in [-0.2, 0) is 0 Å². The smallest absolute Gasteiger partial charge is 0.166 e. The van der Waals surface area contributed by atoms with Gasteiger partial charge < -0.3 is 10.0 Å². The summed E-state index contributed by atoms with van der Waals surface area (Å²) in [5.41, 5.74) is 0.776. The van der Waals surface area contributed by atoms with Gasteiger partial charge in [0.15, 0.2) is 5.78 Å². The highest BCUT2D eigenvalue weighted by Crippen LogP contribution is 2.23. The Bertz CT molecular complexity index is 432. The monoisotopic (exact) mass is 275 g/mol. The van der Waals surface area contributed by atoms with Crippen LogP contribution in [0.5, 0.6) is 0 Å². The minimum Gasteiger partial charge on any atom is -0.391 e. The van der Waals surface area contributed by atoms with E-state index in [0.29, 0.717) is 6.54 Å². The maximum atomic E-state index is 12.4. The summed E-state index contributed by atoms with van der Waals surface area (Å²) in [5.74, 6) is 0.138. The van der Waals surface area contributed by atoms with Gasteiger partial charge in [-0.1, -0.05) is 50.1 Å². The van der Waals surface area contributed by atoms with Crippen LogP contribution in [0, 0.1) is 5.92 Å². The number of aliphatic hydroxyl groups excluding tert-OH is 1. The molecule has 2 rings (SSSR count). The molecule has 20 heavy (non-hydrogen) atoms. The third-order valence-electron chi connectivity index (χ3n) is 4.33. The van der Waals surface area contributed by atoms with Crippen LogP contribution in [0.3, 0.4) is 0 Å². The number of ketones is 1. The van der Waals surface area contributed by atoms with Crippen molar-refractivity contribution in [1.29, 1.82) is 0 Å². The highest BCUT2D eigenvalue weighted by molar-refractivity contribution is 5.97. The molecule has 3 atom stereocenters. The van der Waals surface area contributed by atoms with Crippen molar-refractivity contribution >= 4 is 5.78 Å². The number of Topliss-reactive ketones (excluding diaryl/α,β-unsaturated/α-hetero) is 1. The van der Waals surface area contributed by atoms with Crippen LogP contribution >= 0.6 is 0 Å². The second-order valence-electron chi connectivity index (χ2n) is 5.99. The van der Waals surface area contributed by atoms with Crippen LogP contribution < -0.4 is 0 Å². The maximum absolute atomic E-state index is 12.4. The molecule has 1 fully saturated rings. The first-order valence-corrected chi connectivity index (χ1v) is 7.57. The van der Waals surface area contributed by atoms with Crippen molar-refractivity contribution < 1.29 is 9.90 Å². The number of rotatable bonds is 5. The highest BCUT2D eigenvalue weighted by atomic mass is 16.3. The first kappa shape index (κ1) is 15.2. The minimum absolute atomic E-state index is 0.0449. The van der Waals surface area contributed by atoms with E-state index in [-0.39, 0.29) is 23.8 Å². The van der Waals surface area contributed by atoms with Crippen molar-refractivity contribution in [3.05, 3.63) is 35.9 Å². The first-order valence-electron chi connectivity index (χ1n) is 7.57. The lowest BCUT2D eigenvalue weighted by molar-refractivity contribution is 0.0264. The lowest BCUT2D eigenvalue weighted by Crippen LogP contribution is -2.45. The number of carbonyl (C=O) groups excluding carboxylic acids is 1. The Labute approximate surface area is 121 Å². The van der Waals surface area contributed by atoms with E-state index in [4.69, 9.17) is 0 Å². The molecule has 3 nitrogen and oxygen atoms in total. The Morgan fingerprint density at radius 3 is 2.60 bits per heavy atom. The summed E-state index contributed by atoms with van der Waals surface area (Å²) >= 11 is 0. The second-order valence-corrected chi connectivity index (χ2v) is 5.99. The Morgan fingerprint density at radius 2 is 1.95 bits per heavy atom. The van der Waals surface area contributed by atoms with E-state index in [1.807, 2.05) is 44.3 Å². The Kier molecular flexibility index (Phi) is 5.32. The van der Waals surface area contributed by atoms with Gasteiger partial charge in [-0.25, -0.2) is 0 Å². The van der Waals surface area contributed by atoms with Gasteiger partial charge in [-0.3, -0.25) is 4.79 Å². The number of aliphatic hydroxyl groups is 1. The largest absolute Gasteiger partial charge is 0.391 e. The molecule has 0 heterocycles. The van der Waals surface area contributed by atoms with Gasteiger partial charge in [-0.15, -0.1) is 0 Å². The highest BCUT2D eigenvalue weighted by Gasteiger charge is 2.28. The summed E-state index contributed by atoms with van der Waals surface area (Å²) in [4.78, 5) is 14.5. The first-order chi connectivity index (χ1) is 9.59. The van der Waals surface area contributed by atoms with Crippen molar-refractivity contribution in [3.8, 4) is 0 Å². The number of nitrogens with zero attached hydrogens (tertiary/aromatic N) is 1. The van der Waals surface area contributed by atoms with Gasteiger partial charge in [-0.2, -0.15) is 0 Å². The average Bonchev–Trinajstić information content (AvgIpc) is 2.47. The third kappa shape index (κ3) is 3.68. The summed E-state index contributed by atoms with van der Waals surface area (Å²) in [7, 11) is 2.02. The fraction of sp³-hybridized carbons (Fsp3) is 0.588. The fourth-order valence-corrected chi connectivity index (χ4v) is 3.14. The zero-order valence-corrected chi connectivity index (χ0v) is 12.5. The van der Waals surface area contributed by atoms with E-state index in [2.05, 4.69) is 4.90 Å². The molecule has 0 radical (unpaired) electrons. The van der Waals surface area contributed by atoms with E-state index in [1.54, 1.807) is 0 Å². The predicted molar refractivity (Wildman–Crippen MR) is 80.8 cm³/mol. The average molecular weight is 275 g/mol. The number of benzene rings is 1. The van der Waals surface area contributed by atoms with Crippen LogP contribution in [0.2, 0.25) is 0 Å². The zero-order valence-electron chi connectivity index (χ0n) is 12.5. The number of hydrogen-bond acceptors (Lipinski definition) is 3. The molecule has 0 saturated heterocycles. The van der Waals surface area contributed by atoms with Crippen LogP contribution in [0.25, 0.3) is 0 Å². The van der Waals surface area contributed by atoms with E-state index < -0.39 is 0 Å². The molecule has 0 aliphatic heterocycles. The molecule has 1 aliphatic rings. The lowest BCUT2D eigenvalue weighted by atomic mass is 9.90. The van der Waals surface area contributed by atoms with Crippen molar-refractivity contribution in [1.82, 2.24) is 4.90 Å². The van der Waals surface area contributed by atoms with Crippen LogP contribution in [-0.4, -0.2) is 41.5 Å². The quantitative estimate of drug-likeness (QED) is 0.840. The lowest BCUT2D eigenvalue weighted by Gasteiger charge is -2.36. The van der Waals surface area contributed by atoms with Crippen molar-refractivity contribution in [3.63, 3.8) is 0 Å². The summed E-state index contributed by atoms with van der Waals surface area (Å²) in [6.45, 7) is 2.68. The molecule has 3 unspecified atom stereocenters. The minimum atomic E-state index is -0.243. The topological polar surface area (TPSA) is 40.5 Å². The molecule has 0 amide bonds. The van der Waals surface area contributed by atoms with Crippen LogP contribution in [0.15, 0.2) is 30.3 Å². The molecule has 1 aromatic rings. The molecule has 3 heteroatoms. The van der Waals surface area contributed by atoms with Crippen LogP contribution in [0.4, 0.5) is 0 Å². The molecule has 1 N–H and O–H groups in total. The summed E-state index contributed by atoms with van der Waals surface area (Å²) < 4.78 is 0. The van der Waals surface area contributed by atoms with Crippen LogP contribution in [0.1, 0.15) is 43.0 Å². The Morgan fingerprint density at radius 1 is 1.30 bits per heavy atom. The Hall–Kier alpha value is -1.19. The zero-order chi connectivity index (χ0) is 14.5. The van der Waals surface area contributed by atoms with Gasteiger partial charge in [0.1, 0.15) is 0 Å². The second kappa shape index (κ2) is 7.00. The van der Waals surface area contributed by atoms with Gasteiger partial charge in [0, 0.05) is 24.1 Å². The van der Waals surface area contributed by atoms with E-state index in [1.165, 1.54) is 6.42 Å². The molecule has 0 bridgehead atoms. The number of hydrogen-bond donors (Lipinski definition) is 1. The predicted octanol–water partition coefficient (Wildman–Crippen LogP) is 2.74. The summed E-state index contributed by atoms with van der Waals surface area (Å²) in [5, 5.41) is 10.1. The molecule has 0 spiro atoms. The third-order valence-corrected chi connectivity index (χ3v) is 4.33. The van der Waals surface area contributed by atoms with Gasteiger partial charge in [0.05, 0.1) is 6.10 Å². The molecule has 0 aromatic heterocycles. The van der Waals surface area contributed by atoms with Crippen molar-refractivity contribution in [2.24, 2.45) is 5.92 Å². The molecular weight excluding hydrogens is 250 g/mol. The number of likely N-dealkylation sites (N-methyl/N-ethyl adjacent to an activating group) is 1. The fourth-order valence-electron chi connectivity index (χ4n) is 3.14. The van der Waals surface area contributed by atoms with E-state index >= 15 is 0 Å². The maximum Gasteiger partial charge on any atom is 0.166 e. The van der Waals surface area contributed by atoms with Crippen molar-refractivity contribution in [2.75, 3.05) is 13.6 Å². The normalized spacial score (nSPS) is 24.6. The molecule has 110 valence electrons. The standard InChI is InChI=1S/C17H25NO2/c1-13(17(20)14-8-4-3-5-9-14)12-18(2)15-10-6-7-11-16(15)19/h3-5,8-9,13,15-16,19H,6-7,10-12H2,1-2H3. The SMILES string of the molecule is CC(CN(C)C1CCCCC1O)C(=O)c1ccccc1. The van der Waals surface area contributed by atoms with Gasteiger partial charge >= 0.3 is 0 Å². The molecule has 1 aliphatic carbocycles. The molecular formula is C17H25NO2. The molecule has 1 saturated carbocycles. The molecule has 1 aromatic carbocycles. The van der Waals surface area contributed by atoms with Gasteiger partial charge in [0.25, 0.3) is 0 Å². The van der Waals surface area contributed by atoms with Gasteiger partial charge in [0.2, 0.25) is 0 Å². The Balaban J connectivity index is 1.93. The van der Waals surface area contributed by atoms with Crippen molar-refractivity contribution in [2.45, 2.75) is 44.8 Å². The number of carbonyl (C=O) groups is 1. The summed E-state index contributed by atoms with van der Waals surface area (Å²) in [6.07, 6.45) is 3.96. The van der Waals surface area contributed by atoms with Gasteiger partial charge in [-0.05, 0) is 19.9 Å². The van der Waals surface area contributed by atoms with E-state index in [9.17, 15) is 9.90 Å². The van der Waals surface area contributed by atoms with E-state index in [0.717, 1.165) is 24.8 Å². The summed E-state index contributed by atoms with van der Waals surface area (Å²) in [6, 6.07) is 9.66.